The molecule has 11 heavy (non-hydrogen) atoms. The van der Waals surface area contributed by atoms with Crippen molar-refractivity contribution in [1.82, 2.24) is 0 Å². The van der Waals surface area contributed by atoms with E-state index in [0.29, 0.717) is 6.29 Å². The SMILES string of the molecule is CC(C)(CC(=O)Cl)C(Cl)C=O. The lowest BCUT2D eigenvalue weighted by Gasteiger charge is -2.23. The molecule has 0 aliphatic carbocycles. The van der Waals surface area contributed by atoms with Crippen molar-refractivity contribution in [2.24, 2.45) is 5.41 Å². The maximum Gasteiger partial charge on any atom is 0.222 e. The van der Waals surface area contributed by atoms with Crippen LogP contribution in [0.2, 0.25) is 0 Å². The van der Waals surface area contributed by atoms with Crippen molar-refractivity contribution in [1.29, 1.82) is 0 Å². The Morgan fingerprint density at radius 2 is 2.09 bits per heavy atom. The van der Waals surface area contributed by atoms with Crippen molar-refractivity contribution in [2.75, 3.05) is 0 Å². The van der Waals surface area contributed by atoms with E-state index in [2.05, 4.69) is 0 Å². The Kier molecular flexibility index (Phi) is 4.04. The number of alkyl halides is 1. The monoisotopic (exact) mass is 196 g/mol. The highest BCUT2D eigenvalue weighted by Crippen LogP contribution is 2.28. The number of aldehydes is 1. The summed E-state index contributed by atoms with van der Waals surface area (Å²) in [5.74, 6) is 0. The molecule has 2 nitrogen and oxygen atoms in total. The van der Waals surface area contributed by atoms with E-state index >= 15 is 0 Å². The van der Waals surface area contributed by atoms with E-state index in [1.807, 2.05) is 0 Å². The topological polar surface area (TPSA) is 34.1 Å². The minimum atomic E-state index is -0.662. The maximum atomic E-state index is 10.5. The lowest BCUT2D eigenvalue weighted by atomic mass is 9.86. The molecule has 0 aromatic rings. The van der Waals surface area contributed by atoms with Crippen LogP contribution in [0.3, 0.4) is 0 Å². The highest BCUT2D eigenvalue weighted by molar-refractivity contribution is 6.63. The van der Waals surface area contributed by atoms with Gasteiger partial charge in [-0.25, -0.2) is 0 Å². The average molecular weight is 197 g/mol. The zero-order valence-electron chi connectivity index (χ0n) is 6.43. The van der Waals surface area contributed by atoms with Crippen molar-refractivity contribution in [3.05, 3.63) is 0 Å². The number of hydrogen-bond donors (Lipinski definition) is 0. The molecule has 0 bridgehead atoms. The van der Waals surface area contributed by atoms with Gasteiger partial charge in [-0.05, 0) is 17.0 Å². The van der Waals surface area contributed by atoms with Crippen LogP contribution in [0.5, 0.6) is 0 Å². The molecule has 0 rings (SSSR count). The van der Waals surface area contributed by atoms with Crippen molar-refractivity contribution in [2.45, 2.75) is 25.6 Å². The maximum absolute atomic E-state index is 10.5. The summed E-state index contributed by atoms with van der Waals surface area (Å²) in [6.07, 6.45) is 0.725. The largest absolute Gasteiger partial charge is 0.302 e. The predicted octanol–water partition coefficient (Wildman–Crippen LogP) is 1.97. The first-order valence-electron chi connectivity index (χ1n) is 3.18. The lowest BCUT2D eigenvalue weighted by Crippen LogP contribution is -2.27. The summed E-state index contributed by atoms with van der Waals surface area (Å²) in [4.78, 5) is 20.7. The molecule has 0 fully saturated rings. The summed E-state index contributed by atoms with van der Waals surface area (Å²) in [5, 5.41) is -1.13. The van der Waals surface area contributed by atoms with Crippen LogP contribution in [0.1, 0.15) is 20.3 Å². The van der Waals surface area contributed by atoms with Gasteiger partial charge < -0.3 is 4.79 Å². The summed E-state index contributed by atoms with van der Waals surface area (Å²) < 4.78 is 0. The second-order valence-electron chi connectivity index (χ2n) is 3.06. The molecule has 0 saturated carbocycles. The van der Waals surface area contributed by atoms with Crippen molar-refractivity contribution in [3.63, 3.8) is 0 Å². The van der Waals surface area contributed by atoms with Crippen LogP contribution in [0.4, 0.5) is 0 Å². The van der Waals surface area contributed by atoms with Crippen molar-refractivity contribution < 1.29 is 9.59 Å². The third kappa shape index (κ3) is 3.73. The molecule has 0 N–H and O–H groups in total. The van der Waals surface area contributed by atoms with E-state index in [0.717, 1.165) is 0 Å². The highest BCUT2D eigenvalue weighted by Gasteiger charge is 2.29. The summed E-state index contributed by atoms with van der Waals surface area (Å²) >= 11 is 10.8. The van der Waals surface area contributed by atoms with Crippen LogP contribution in [0.25, 0.3) is 0 Å². The summed E-state index contributed by atoms with van der Waals surface area (Å²) in [5.41, 5.74) is -0.553. The smallest absolute Gasteiger partial charge is 0.222 e. The standard InChI is InChI=1S/C7H10Cl2O2/c1-7(2,3-6(9)11)5(8)4-10/h4-5H,3H2,1-2H3. The number of halogens is 2. The molecule has 1 atom stereocenters. The number of carbonyl (C=O) groups excluding carboxylic acids is 2. The zero-order valence-corrected chi connectivity index (χ0v) is 7.95. The molecule has 0 radical (unpaired) electrons. The highest BCUT2D eigenvalue weighted by atomic mass is 35.5. The van der Waals surface area contributed by atoms with E-state index in [-0.39, 0.29) is 6.42 Å². The lowest BCUT2D eigenvalue weighted by molar-refractivity contribution is -0.114. The molecular formula is C7H10Cl2O2. The van der Waals surface area contributed by atoms with Gasteiger partial charge in [-0.3, -0.25) is 4.79 Å². The molecule has 0 heterocycles. The quantitative estimate of drug-likeness (QED) is 0.392. The number of hydrogen-bond acceptors (Lipinski definition) is 2. The fraction of sp³-hybridized carbons (Fsp3) is 0.714. The predicted molar refractivity (Wildman–Crippen MR) is 45.0 cm³/mol. The van der Waals surface area contributed by atoms with E-state index in [4.69, 9.17) is 23.2 Å². The Morgan fingerprint density at radius 3 is 2.36 bits per heavy atom. The molecule has 0 spiro atoms. The Bertz CT molecular complexity index is 166. The van der Waals surface area contributed by atoms with E-state index in [9.17, 15) is 9.59 Å². The summed E-state index contributed by atoms with van der Waals surface area (Å²) in [6, 6.07) is 0. The molecule has 0 amide bonds. The minimum absolute atomic E-state index is 0.113. The Hall–Kier alpha value is -0.0800. The third-order valence-corrected chi connectivity index (χ3v) is 2.29. The number of rotatable bonds is 4. The van der Waals surface area contributed by atoms with Crippen LogP contribution in [-0.4, -0.2) is 16.9 Å². The third-order valence-electron chi connectivity index (χ3n) is 1.46. The van der Waals surface area contributed by atoms with Gasteiger partial charge >= 0.3 is 0 Å². The first-order chi connectivity index (χ1) is 4.90. The fourth-order valence-corrected chi connectivity index (χ4v) is 1.06. The van der Waals surface area contributed by atoms with Crippen molar-refractivity contribution in [3.8, 4) is 0 Å². The minimum Gasteiger partial charge on any atom is -0.302 e. The molecule has 4 heteroatoms. The van der Waals surface area contributed by atoms with Gasteiger partial charge in [-0.1, -0.05) is 13.8 Å². The second-order valence-corrected chi connectivity index (χ2v) is 3.95. The van der Waals surface area contributed by atoms with Gasteiger partial charge in [0.1, 0.15) is 6.29 Å². The molecule has 0 aliphatic rings. The molecular weight excluding hydrogens is 187 g/mol. The van der Waals surface area contributed by atoms with Crippen LogP contribution in [-0.2, 0) is 9.59 Å². The second kappa shape index (κ2) is 4.07. The summed E-state index contributed by atoms with van der Waals surface area (Å²) in [6.45, 7) is 3.44. The first-order valence-corrected chi connectivity index (χ1v) is 3.99. The molecule has 1 unspecified atom stereocenters. The van der Waals surface area contributed by atoms with Gasteiger partial charge in [-0.15, -0.1) is 11.6 Å². The molecule has 0 aromatic heterocycles. The molecule has 0 aliphatic heterocycles. The van der Waals surface area contributed by atoms with Gasteiger partial charge in [0, 0.05) is 6.42 Å². The molecule has 64 valence electrons. The van der Waals surface area contributed by atoms with Crippen LogP contribution < -0.4 is 0 Å². The fourth-order valence-electron chi connectivity index (χ4n) is 0.640. The molecule has 0 saturated heterocycles. The first kappa shape index (κ1) is 10.9. The van der Waals surface area contributed by atoms with Gasteiger partial charge in [-0.2, -0.15) is 0 Å². The van der Waals surface area contributed by atoms with E-state index in [1.54, 1.807) is 13.8 Å². The van der Waals surface area contributed by atoms with Gasteiger partial charge in [0.25, 0.3) is 0 Å². The van der Waals surface area contributed by atoms with Gasteiger partial charge in [0.05, 0.1) is 5.38 Å². The Balaban J connectivity index is 4.19. The van der Waals surface area contributed by atoms with Crippen LogP contribution >= 0.6 is 23.2 Å². The number of carbonyl (C=O) groups is 2. The Morgan fingerprint density at radius 1 is 1.64 bits per heavy atom. The Labute approximate surface area is 75.9 Å². The van der Waals surface area contributed by atoms with Crippen LogP contribution in [0.15, 0.2) is 0 Å². The van der Waals surface area contributed by atoms with E-state index < -0.39 is 16.0 Å². The summed E-state index contributed by atoms with van der Waals surface area (Å²) in [7, 11) is 0. The normalized spacial score (nSPS) is 14.2. The van der Waals surface area contributed by atoms with Crippen molar-refractivity contribution >= 4 is 34.7 Å². The van der Waals surface area contributed by atoms with Crippen LogP contribution in [0, 0.1) is 5.41 Å². The van der Waals surface area contributed by atoms with Gasteiger partial charge in [0.15, 0.2) is 0 Å². The zero-order chi connectivity index (χ0) is 9.07. The van der Waals surface area contributed by atoms with Gasteiger partial charge in [0.2, 0.25) is 5.24 Å². The average Bonchev–Trinajstić information content (AvgIpc) is 1.83. The van der Waals surface area contributed by atoms with E-state index in [1.165, 1.54) is 0 Å². The molecule has 0 aromatic carbocycles.